The highest BCUT2D eigenvalue weighted by Crippen LogP contribution is 2.25. The number of rotatable bonds is 4. The Morgan fingerprint density at radius 1 is 1.40 bits per heavy atom. The molecule has 1 atom stereocenters. The van der Waals surface area contributed by atoms with E-state index < -0.39 is 0 Å². The molecule has 0 aromatic rings. The van der Waals surface area contributed by atoms with Crippen molar-refractivity contribution >= 4 is 5.91 Å². The topological polar surface area (TPSA) is 46.3 Å². The maximum Gasteiger partial charge on any atom is 0.225 e. The van der Waals surface area contributed by atoms with Crippen LogP contribution in [0.3, 0.4) is 0 Å². The van der Waals surface area contributed by atoms with Crippen LogP contribution in [0, 0.1) is 5.92 Å². The lowest BCUT2D eigenvalue weighted by Crippen LogP contribution is -2.36. The molecule has 1 aliphatic carbocycles. The summed E-state index contributed by atoms with van der Waals surface area (Å²) in [6.07, 6.45) is 6.81. The van der Waals surface area contributed by atoms with Gasteiger partial charge in [-0.1, -0.05) is 19.3 Å². The first-order chi connectivity index (χ1) is 7.11. The third-order valence-electron chi connectivity index (χ3n) is 3.25. The van der Waals surface area contributed by atoms with Crippen molar-refractivity contribution in [1.29, 1.82) is 0 Å². The third-order valence-corrected chi connectivity index (χ3v) is 3.25. The molecule has 88 valence electrons. The zero-order valence-electron chi connectivity index (χ0n) is 10.0. The number of hydrogen-bond donors (Lipinski definition) is 1. The summed E-state index contributed by atoms with van der Waals surface area (Å²) in [5, 5.41) is 0. The second-order valence-electron chi connectivity index (χ2n) is 4.86. The molecule has 0 aliphatic heterocycles. The Hall–Kier alpha value is -0.570. The molecule has 0 radical (unpaired) electrons. The Labute approximate surface area is 93.0 Å². The monoisotopic (exact) mass is 212 g/mol. The van der Waals surface area contributed by atoms with Crippen molar-refractivity contribution < 1.29 is 4.79 Å². The van der Waals surface area contributed by atoms with E-state index in [0.717, 1.165) is 25.8 Å². The average Bonchev–Trinajstić information content (AvgIpc) is 2.26. The summed E-state index contributed by atoms with van der Waals surface area (Å²) in [6, 6.07) is 0.187. The van der Waals surface area contributed by atoms with Gasteiger partial charge in [-0.05, 0) is 26.2 Å². The van der Waals surface area contributed by atoms with E-state index in [-0.39, 0.29) is 12.0 Å². The summed E-state index contributed by atoms with van der Waals surface area (Å²) < 4.78 is 0. The smallest absolute Gasteiger partial charge is 0.225 e. The van der Waals surface area contributed by atoms with Crippen molar-refractivity contribution in [2.24, 2.45) is 11.7 Å². The fourth-order valence-electron chi connectivity index (χ4n) is 2.17. The predicted molar refractivity (Wildman–Crippen MR) is 62.5 cm³/mol. The summed E-state index contributed by atoms with van der Waals surface area (Å²) >= 11 is 0. The number of nitrogens with zero attached hydrogens (tertiary/aromatic N) is 1. The Balaban J connectivity index is 2.30. The maximum atomic E-state index is 12.0. The van der Waals surface area contributed by atoms with Gasteiger partial charge in [-0.2, -0.15) is 0 Å². The van der Waals surface area contributed by atoms with Gasteiger partial charge in [-0.25, -0.2) is 0 Å². The minimum Gasteiger partial charge on any atom is -0.345 e. The SMILES string of the molecule is CC(N)CCN(C)C(=O)C1CCCCC1. The summed E-state index contributed by atoms with van der Waals surface area (Å²) in [4.78, 5) is 13.9. The van der Waals surface area contributed by atoms with E-state index in [9.17, 15) is 4.79 Å². The molecule has 0 saturated heterocycles. The fourth-order valence-corrected chi connectivity index (χ4v) is 2.17. The van der Waals surface area contributed by atoms with Crippen molar-refractivity contribution in [1.82, 2.24) is 4.90 Å². The van der Waals surface area contributed by atoms with Crippen molar-refractivity contribution in [3.63, 3.8) is 0 Å². The molecule has 1 aliphatic rings. The van der Waals surface area contributed by atoms with Gasteiger partial charge in [0.15, 0.2) is 0 Å². The van der Waals surface area contributed by atoms with E-state index in [1.54, 1.807) is 0 Å². The van der Waals surface area contributed by atoms with E-state index in [4.69, 9.17) is 5.73 Å². The van der Waals surface area contributed by atoms with Crippen LogP contribution in [-0.4, -0.2) is 30.4 Å². The first-order valence-electron chi connectivity index (χ1n) is 6.12. The lowest BCUT2D eigenvalue weighted by Gasteiger charge is -2.26. The van der Waals surface area contributed by atoms with Gasteiger partial charge >= 0.3 is 0 Å². The molecule has 0 heterocycles. The van der Waals surface area contributed by atoms with Gasteiger partial charge in [0.2, 0.25) is 5.91 Å². The number of hydrogen-bond acceptors (Lipinski definition) is 2. The summed E-state index contributed by atoms with van der Waals surface area (Å²) in [5.41, 5.74) is 5.68. The van der Waals surface area contributed by atoms with E-state index in [2.05, 4.69) is 0 Å². The molecule has 1 unspecified atom stereocenters. The molecule has 3 heteroatoms. The molecule has 1 fully saturated rings. The van der Waals surface area contributed by atoms with Gasteiger partial charge in [-0.15, -0.1) is 0 Å². The van der Waals surface area contributed by atoms with Gasteiger partial charge < -0.3 is 10.6 Å². The van der Waals surface area contributed by atoms with E-state index in [1.165, 1.54) is 19.3 Å². The van der Waals surface area contributed by atoms with Crippen molar-refractivity contribution in [3.05, 3.63) is 0 Å². The highest BCUT2D eigenvalue weighted by Gasteiger charge is 2.23. The standard InChI is InChI=1S/C12H24N2O/c1-10(13)8-9-14(2)12(15)11-6-4-3-5-7-11/h10-11H,3-9,13H2,1-2H3. The predicted octanol–water partition coefficient (Wildman–Crippen LogP) is 1.76. The zero-order chi connectivity index (χ0) is 11.3. The van der Waals surface area contributed by atoms with Gasteiger partial charge in [-0.3, -0.25) is 4.79 Å². The Morgan fingerprint density at radius 2 is 2.00 bits per heavy atom. The van der Waals surface area contributed by atoms with Crippen LogP contribution in [0.5, 0.6) is 0 Å². The second kappa shape index (κ2) is 6.11. The Kier molecular flexibility index (Phi) is 5.09. The molecule has 15 heavy (non-hydrogen) atoms. The first kappa shape index (κ1) is 12.5. The lowest BCUT2D eigenvalue weighted by atomic mass is 9.88. The van der Waals surface area contributed by atoms with Crippen LogP contribution in [0.1, 0.15) is 45.4 Å². The number of amides is 1. The van der Waals surface area contributed by atoms with Crippen molar-refractivity contribution in [2.45, 2.75) is 51.5 Å². The highest BCUT2D eigenvalue weighted by molar-refractivity contribution is 5.78. The van der Waals surface area contributed by atoms with Crippen LogP contribution in [0.2, 0.25) is 0 Å². The van der Waals surface area contributed by atoms with Crippen molar-refractivity contribution in [2.75, 3.05) is 13.6 Å². The zero-order valence-corrected chi connectivity index (χ0v) is 10.0. The van der Waals surface area contributed by atoms with Gasteiger partial charge in [0, 0.05) is 25.6 Å². The summed E-state index contributed by atoms with van der Waals surface area (Å²) in [7, 11) is 1.90. The molecule has 2 N–H and O–H groups in total. The molecule has 0 aromatic heterocycles. The van der Waals surface area contributed by atoms with Crippen LogP contribution < -0.4 is 5.73 Å². The van der Waals surface area contributed by atoms with Crippen LogP contribution in [-0.2, 0) is 4.79 Å². The minimum atomic E-state index is 0.187. The number of carbonyl (C=O) groups is 1. The average molecular weight is 212 g/mol. The maximum absolute atomic E-state index is 12.0. The lowest BCUT2D eigenvalue weighted by molar-refractivity contribution is -0.135. The van der Waals surface area contributed by atoms with E-state index in [0.29, 0.717) is 5.91 Å². The van der Waals surface area contributed by atoms with Crippen LogP contribution in [0.25, 0.3) is 0 Å². The molecule has 0 bridgehead atoms. The second-order valence-corrected chi connectivity index (χ2v) is 4.86. The van der Waals surface area contributed by atoms with Crippen molar-refractivity contribution in [3.8, 4) is 0 Å². The largest absolute Gasteiger partial charge is 0.345 e. The van der Waals surface area contributed by atoms with Gasteiger partial charge in [0.25, 0.3) is 0 Å². The molecule has 1 saturated carbocycles. The molecule has 0 spiro atoms. The van der Waals surface area contributed by atoms with E-state index in [1.807, 2.05) is 18.9 Å². The Morgan fingerprint density at radius 3 is 2.53 bits per heavy atom. The molecular formula is C12H24N2O. The van der Waals surface area contributed by atoms with Gasteiger partial charge in [0.05, 0.1) is 0 Å². The molecule has 3 nitrogen and oxygen atoms in total. The third kappa shape index (κ3) is 4.20. The van der Waals surface area contributed by atoms with Crippen LogP contribution >= 0.6 is 0 Å². The number of nitrogens with two attached hydrogens (primary N) is 1. The highest BCUT2D eigenvalue weighted by atomic mass is 16.2. The first-order valence-corrected chi connectivity index (χ1v) is 6.12. The quantitative estimate of drug-likeness (QED) is 0.772. The summed E-state index contributed by atoms with van der Waals surface area (Å²) in [5.74, 6) is 0.618. The van der Waals surface area contributed by atoms with Crippen LogP contribution in [0.4, 0.5) is 0 Å². The normalized spacial score (nSPS) is 19.9. The van der Waals surface area contributed by atoms with Crippen LogP contribution in [0.15, 0.2) is 0 Å². The Bertz CT molecular complexity index is 198. The fraction of sp³-hybridized carbons (Fsp3) is 0.917. The summed E-state index contributed by atoms with van der Waals surface area (Å²) in [6.45, 7) is 2.78. The molecule has 0 aromatic carbocycles. The van der Waals surface area contributed by atoms with E-state index >= 15 is 0 Å². The number of carbonyl (C=O) groups excluding carboxylic acids is 1. The van der Waals surface area contributed by atoms with Gasteiger partial charge in [0.1, 0.15) is 0 Å². The molecular weight excluding hydrogens is 188 g/mol. The minimum absolute atomic E-state index is 0.187. The molecule has 1 amide bonds. The molecule has 1 rings (SSSR count).